The van der Waals surface area contributed by atoms with E-state index in [-0.39, 0.29) is 0 Å². The van der Waals surface area contributed by atoms with E-state index in [0.717, 1.165) is 11.1 Å². The molecule has 2 rings (SSSR count). The van der Waals surface area contributed by atoms with Crippen molar-refractivity contribution in [1.29, 1.82) is 0 Å². The first kappa shape index (κ1) is 13.7. The van der Waals surface area contributed by atoms with Gasteiger partial charge in [0, 0.05) is 6.20 Å². The monoisotopic (exact) mass is 268 g/mol. The summed E-state index contributed by atoms with van der Waals surface area (Å²) < 4.78 is 0. The van der Waals surface area contributed by atoms with E-state index >= 15 is 0 Å². The number of benzene rings is 1. The van der Waals surface area contributed by atoms with Crippen molar-refractivity contribution >= 4 is 18.1 Å². The molecule has 2 aromatic rings. The maximum absolute atomic E-state index is 11.6. The van der Waals surface area contributed by atoms with Gasteiger partial charge in [0.25, 0.3) is 0 Å². The average Bonchev–Trinajstić information content (AvgIpc) is 2.44. The number of aromatic nitrogens is 1. The lowest BCUT2D eigenvalue weighted by Gasteiger charge is -2.05. The van der Waals surface area contributed by atoms with Gasteiger partial charge in [-0.3, -0.25) is 5.32 Å². The normalized spacial score (nSPS) is 10.5. The Bertz CT molecular complexity index is 620. The topological polar surface area (TPSA) is 66.4 Å². The van der Waals surface area contributed by atoms with Crippen LogP contribution in [0.3, 0.4) is 0 Å². The third kappa shape index (κ3) is 3.91. The molecule has 0 aliphatic rings. The summed E-state index contributed by atoms with van der Waals surface area (Å²) in [5.74, 6) is 0.524. The molecule has 0 aliphatic heterocycles. The van der Waals surface area contributed by atoms with Crippen molar-refractivity contribution in [1.82, 2.24) is 10.4 Å². The summed E-state index contributed by atoms with van der Waals surface area (Å²) in [6, 6.07) is 11.1. The first-order valence-corrected chi connectivity index (χ1v) is 6.23. The van der Waals surface area contributed by atoms with E-state index in [1.54, 1.807) is 12.4 Å². The molecule has 20 heavy (non-hydrogen) atoms. The smallest absolute Gasteiger partial charge is 0.291 e. The van der Waals surface area contributed by atoms with Crippen LogP contribution in [0.2, 0.25) is 0 Å². The third-order valence-corrected chi connectivity index (χ3v) is 2.70. The molecule has 2 N–H and O–H groups in total. The van der Waals surface area contributed by atoms with Crippen LogP contribution in [0, 0.1) is 13.8 Å². The number of nitrogens with one attached hydrogen (secondary N) is 2. The molecule has 0 saturated heterocycles. The molecular weight excluding hydrogens is 252 g/mol. The molecule has 0 aliphatic carbocycles. The molecule has 0 unspecified atom stereocenters. The molecule has 5 nitrogen and oxygen atoms in total. The van der Waals surface area contributed by atoms with E-state index in [4.69, 9.17) is 0 Å². The second-order valence-electron chi connectivity index (χ2n) is 4.40. The van der Waals surface area contributed by atoms with Gasteiger partial charge in [-0.1, -0.05) is 35.9 Å². The van der Waals surface area contributed by atoms with Crippen LogP contribution in [0.1, 0.15) is 16.7 Å². The van der Waals surface area contributed by atoms with Gasteiger partial charge >= 0.3 is 6.03 Å². The highest BCUT2D eigenvalue weighted by molar-refractivity contribution is 5.90. The Morgan fingerprint density at radius 2 is 1.95 bits per heavy atom. The summed E-state index contributed by atoms with van der Waals surface area (Å²) in [6.07, 6.45) is 3.21. The summed E-state index contributed by atoms with van der Waals surface area (Å²) in [7, 11) is 0. The van der Waals surface area contributed by atoms with Crippen LogP contribution >= 0.6 is 0 Å². The van der Waals surface area contributed by atoms with Gasteiger partial charge in [-0.25, -0.2) is 15.2 Å². The van der Waals surface area contributed by atoms with Crippen molar-refractivity contribution < 1.29 is 4.79 Å². The van der Waals surface area contributed by atoms with E-state index in [1.165, 1.54) is 5.56 Å². The van der Waals surface area contributed by atoms with Crippen LogP contribution in [-0.2, 0) is 0 Å². The van der Waals surface area contributed by atoms with Crippen molar-refractivity contribution in [2.45, 2.75) is 13.8 Å². The van der Waals surface area contributed by atoms with Gasteiger partial charge in [-0.15, -0.1) is 0 Å². The Kier molecular flexibility index (Phi) is 4.44. The quantitative estimate of drug-likeness (QED) is 0.664. The molecule has 0 fully saturated rings. The Balaban J connectivity index is 1.89. The SMILES string of the molecule is Cc1ccc(/C=N/NC(=O)Nc2ncccc2C)cc1. The third-order valence-electron chi connectivity index (χ3n) is 2.70. The summed E-state index contributed by atoms with van der Waals surface area (Å²) in [5, 5.41) is 6.51. The van der Waals surface area contributed by atoms with Gasteiger partial charge in [0.1, 0.15) is 5.82 Å². The second kappa shape index (κ2) is 6.47. The fraction of sp³-hybridized carbons (Fsp3) is 0.133. The fourth-order valence-corrected chi connectivity index (χ4v) is 1.57. The van der Waals surface area contributed by atoms with Gasteiger partial charge in [0.15, 0.2) is 0 Å². The Morgan fingerprint density at radius 1 is 1.20 bits per heavy atom. The number of nitrogens with zero attached hydrogens (tertiary/aromatic N) is 2. The molecule has 5 heteroatoms. The molecule has 0 saturated carbocycles. The van der Waals surface area contributed by atoms with Gasteiger partial charge in [0.05, 0.1) is 6.21 Å². The Labute approximate surface area is 117 Å². The van der Waals surface area contributed by atoms with Crippen LogP contribution in [-0.4, -0.2) is 17.2 Å². The minimum atomic E-state index is -0.421. The van der Waals surface area contributed by atoms with Crippen LogP contribution in [0.25, 0.3) is 0 Å². The van der Waals surface area contributed by atoms with Crippen LogP contribution in [0.15, 0.2) is 47.7 Å². The zero-order chi connectivity index (χ0) is 14.4. The van der Waals surface area contributed by atoms with Crippen molar-refractivity contribution in [2.24, 2.45) is 5.10 Å². The number of hydrazone groups is 1. The lowest BCUT2D eigenvalue weighted by atomic mass is 10.2. The number of hydrogen-bond donors (Lipinski definition) is 2. The predicted octanol–water partition coefficient (Wildman–Crippen LogP) is 2.85. The summed E-state index contributed by atoms with van der Waals surface area (Å²) in [4.78, 5) is 15.7. The standard InChI is InChI=1S/C15H16N4O/c1-11-5-7-13(8-6-11)10-17-19-15(20)18-14-12(2)4-3-9-16-14/h3-10H,1-2H3,(H2,16,18,19,20)/b17-10+. The van der Waals surface area contributed by atoms with Gasteiger partial charge in [-0.05, 0) is 31.0 Å². The second-order valence-corrected chi connectivity index (χ2v) is 4.40. The maximum atomic E-state index is 11.6. The lowest BCUT2D eigenvalue weighted by molar-refractivity contribution is 0.252. The Morgan fingerprint density at radius 3 is 2.65 bits per heavy atom. The average molecular weight is 268 g/mol. The molecule has 1 heterocycles. The number of carbonyl (C=O) groups is 1. The molecule has 0 bridgehead atoms. The van der Waals surface area contributed by atoms with Crippen LogP contribution < -0.4 is 10.7 Å². The predicted molar refractivity (Wildman–Crippen MR) is 79.9 cm³/mol. The number of rotatable bonds is 3. The number of carbonyl (C=O) groups excluding carboxylic acids is 1. The number of urea groups is 1. The molecule has 0 spiro atoms. The first-order valence-electron chi connectivity index (χ1n) is 6.23. The van der Waals surface area contributed by atoms with E-state index in [9.17, 15) is 4.79 Å². The summed E-state index contributed by atoms with van der Waals surface area (Å²) in [5.41, 5.74) is 5.39. The largest absolute Gasteiger partial charge is 0.340 e. The van der Waals surface area contributed by atoms with Crippen molar-refractivity contribution in [3.63, 3.8) is 0 Å². The molecule has 0 radical (unpaired) electrons. The summed E-state index contributed by atoms with van der Waals surface area (Å²) >= 11 is 0. The number of pyridine rings is 1. The number of hydrogen-bond acceptors (Lipinski definition) is 3. The molecule has 1 aromatic carbocycles. The fourth-order valence-electron chi connectivity index (χ4n) is 1.57. The van der Waals surface area contributed by atoms with Gasteiger partial charge < -0.3 is 0 Å². The van der Waals surface area contributed by atoms with Crippen molar-refractivity contribution in [2.75, 3.05) is 5.32 Å². The minimum absolute atomic E-state index is 0.421. The highest BCUT2D eigenvalue weighted by atomic mass is 16.2. The van der Waals surface area contributed by atoms with Crippen LogP contribution in [0.4, 0.5) is 10.6 Å². The summed E-state index contributed by atoms with van der Waals surface area (Å²) in [6.45, 7) is 3.89. The number of amides is 2. The molecular formula is C15H16N4O. The van der Waals surface area contributed by atoms with E-state index in [0.29, 0.717) is 5.82 Å². The highest BCUT2D eigenvalue weighted by Crippen LogP contribution is 2.08. The zero-order valence-corrected chi connectivity index (χ0v) is 11.4. The van der Waals surface area contributed by atoms with Crippen LogP contribution in [0.5, 0.6) is 0 Å². The van der Waals surface area contributed by atoms with Crippen molar-refractivity contribution in [3.05, 3.63) is 59.3 Å². The minimum Gasteiger partial charge on any atom is -0.291 e. The van der Waals surface area contributed by atoms with Crippen molar-refractivity contribution in [3.8, 4) is 0 Å². The Hall–Kier alpha value is -2.69. The number of aryl methyl sites for hydroxylation is 2. The molecule has 2 amide bonds. The van der Waals surface area contributed by atoms with Gasteiger partial charge in [0.2, 0.25) is 0 Å². The molecule has 0 atom stereocenters. The number of anilines is 1. The zero-order valence-electron chi connectivity index (χ0n) is 11.4. The van der Waals surface area contributed by atoms with E-state index in [2.05, 4.69) is 20.8 Å². The highest BCUT2D eigenvalue weighted by Gasteiger charge is 2.03. The molecule has 102 valence electrons. The van der Waals surface area contributed by atoms with E-state index in [1.807, 2.05) is 50.2 Å². The molecule has 1 aromatic heterocycles. The van der Waals surface area contributed by atoms with Gasteiger partial charge in [-0.2, -0.15) is 5.10 Å². The van der Waals surface area contributed by atoms with E-state index < -0.39 is 6.03 Å². The maximum Gasteiger partial charge on any atom is 0.340 e. The lowest BCUT2D eigenvalue weighted by Crippen LogP contribution is -2.25. The first-order chi connectivity index (χ1) is 9.65.